The Balaban J connectivity index is 1.97. The fourth-order valence-corrected chi connectivity index (χ4v) is 3.87. The van der Waals surface area contributed by atoms with Gasteiger partial charge < -0.3 is 5.11 Å². The van der Waals surface area contributed by atoms with Gasteiger partial charge in [0.25, 0.3) is 0 Å². The van der Waals surface area contributed by atoms with Gasteiger partial charge in [-0.1, -0.05) is 12.1 Å². The number of ketones is 1. The van der Waals surface area contributed by atoms with Gasteiger partial charge in [0.2, 0.25) is 0 Å². The molecule has 3 nitrogen and oxygen atoms in total. The molecule has 112 valence electrons. The summed E-state index contributed by atoms with van der Waals surface area (Å²) in [7, 11) is 0. The van der Waals surface area contributed by atoms with Crippen LogP contribution in [0, 0.1) is 5.92 Å². The number of thiophene rings is 2. The number of hydrogen-bond acceptors (Lipinski definition) is 4. The largest absolute Gasteiger partial charge is 0.481 e. The van der Waals surface area contributed by atoms with E-state index in [-0.39, 0.29) is 5.78 Å². The molecule has 3 rings (SSSR count). The first-order valence-corrected chi connectivity index (χ1v) is 8.65. The van der Waals surface area contributed by atoms with Crippen molar-refractivity contribution in [2.45, 2.75) is 12.8 Å². The van der Waals surface area contributed by atoms with Gasteiger partial charge >= 0.3 is 5.97 Å². The van der Waals surface area contributed by atoms with Crippen LogP contribution in [0.3, 0.4) is 0 Å². The number of hydrogen-bond donors (Lipinski definition) is 1. The van der Waals surface area contributed by atoms with Gasteiger partial charge in [-0.2, -0.15) is 0 Å². The van der Waals surface area contributed by atoms with Crippen LogP contribution >= 0.6 is 22.7 Å². The van der Waals surface area contributed by atoms with Crippen molar-refractivity contribution >= 4 is 46.6 Å². The molecule has 2 aromatic rings. The lowest BCUT2D eigenvalue weighted by molar-refractivity contribution is -0.142. The monoisotopic (exact) mass is 330 g/mol. The number of carbonyl (C=O) groups excluding carboxylic acids is 1. The van der Waals surface area contributed by atoms with Gasteiger partial charge in [-0.15, -0.1) is 22.7 Å². The van der Waals surface area contributed by atoms with Crippen molar-refractivity contribution in [1.29, 1.82) is 0 Å². The van der Waals surface area contributed by atoms with E-state index in [9.17, 15) is 14.7 Å². The highest BCUT2D eigenvalue weighted by atomic mass is 32.1. The van der Waals surface area contributed by atoms with E-state index in [0.29, 0.717) is 24.0 Å². The van der Waals surface area contributed by atoms with Crippen molar-refractivity contribution in [2.24, 2.45) is 5.92 Å². The molecule has 1 N–H and O–H groups in total. The second kappa shape index (κ2) is 6.42. The number of allylic oxidation sites excluding steroid dienone is 2. The Morgan fingerprint density at radius 3 is 1.91 bits per heavy atom. The first-order valence-electron chi connectivity index (χ1n) is 6.89. The minimum absolute atomic E-state index is 0.0284. The molecule has 0 aliphatic heterocycles. The molecule has 1 aliphatic rings. The molecule has 1 unspecified atom stereocenters. The molecular formula is C17H14O3S2. The Bertz CT molecular complexity index is 681. The molecule has 1 saturated carbocycles. The van der Waals surface area contributed by atoms with Gasteiger partial charge in [-0.3, -0.25) is 9.59 Å². The van der Waals surface area contributed by atoms with Gasteiger partial charge in [0.1, 0.15) is 0 Å². The van der Waals surface area contributed by atoms with Crippen LogP contribution in [-0.2, 0) is 9.59 Å². The van der Waals surface area contributed by atoms with Gasteiger partial charge in [-0.05, 0) is 47.9 Å². The predicted molar refractivity (Wildman–Crippen MR) is 90.0 cm³/mol. The zero-order valence-electron chi connectivity index (χ0n) is 11.7. The Kier molecular flexibility index (Phi) is 4.36. The van der Waals surface area contributed by atoms with E-state index in [4.69, 9.17) is 0 Å². The molecule has 2 aromatic heterocycles. The molecule has 2 heterocycles. The number of aliphatic carboxylic acids is 1. The molecule has 0 aromatic carbocycles. The molecule has 22 heavy (non-hydrogen) atoms. The van der Waals surface area contributed by atoms with Gasteiger partial charge in [0.15, 0.2) is 5.78 Å². The third-order valence-electron chi connectivity index (χ3n) is 3.58. The second-order valence-corrected chi connectivity index (χ2v) is 7.10. The van der Waals surface area contributed by atoms with Crippen molar-refractivity contribution in [1.82, 2.24) is 0 Å². The molecule has 0 spiro atoms. The Morgan fingerprint density at radius 2 is 1.55 bits per heavy atom. The van der Waals surface area contributed by atoms with Crippen LogP contribution in [0.5, 0.6) is 0 Å². The maximum absolute atomic E-state index is 12.6. The maximum Gasteiger partial charge on any atom is 0.307 e. The normalized spacial score (nSPS) is 22.4. The molecule has 0 saturated heterocycles. The number of carboxylic acid groups (broad SMARTS) is 1. The first-order chi connectivity index (χ1) is 10.6. The van der Waals surface area contributed by atoms with Crippen LogP contribution in [0.15, 0.2) is 46.2 Å². The van der Waals surface area contributed by atoms with E-state index < -0.39 is 11.9 Å². The SMILES string of the molecule is O=C1/C(=C\c2cccs2)CC(C(=O)O)C/C1=C\c1cccs1. The van der Waals surface area contributed by atoms with Crippen molar-refractivity contribution in [3.8, 4) is 0 Å². The Hall–Kier alpha value is -1.98. The lowest BCUT2D eigenvalue weighted by Crippen LogP contribution is -2.25. The van der Waals surface area contributed by atoms with E-state index in [2.05, 4.69) is 0 Å². The second-order valence-electron chi connectivity index (χ2n) is 5.14. The summed E-state index contributed by atoms with van der Waals surface area (Å²) < 4.78 is 0. The smallest absolute Gasteiger partial charge is 0.307 e. The Labute approximate surface area is 136 Å². The van der Waals surface area contributed by atoms with Crippen LogP contribution in [0.25, 0.3) is 12.2 Å². The standard InChI is InChI=1S/C17H14O3S2/c18-16-11(9-14-3-1-5-21-14)7-13(17(19)20)8-12(16)10-15-4-2-6-22-15/h1-6,9-10,13H,7-8H2,(H,19,20)/b11-9-,12-10+. The van der Waals surface area contributed by atoms with Crippen LogP contribution in [-0.4, -0.2) is 16.9 Å². The average Bonchev–Trinajstić information content (AvgIpc) is 3.16. The number of rotatable bonds is 3. The quantitative estimate of drug-likeness (QED) is 0.852. The lowest BCUT2D eigenvalue weighted by atomic mass is 9.80. The van der Waals surface area contributed by atoms with Crippen molar-refractivity contribution in [2.75, 3.05) is 0 Å². The third kappa shape index (κ3) is 3.26. The van der Waals surface area contributed by atoms with E-state index >= 15 is 0 Å². The molecule has 0 bridgehead atoms. The summed E-state index contributed by atoms with van der Waals surface area (Å²) in [6, 6.07) is 7.69. The molecule has 0 radical (unpaired) electrons. The summed E-state index contributed by atoms with van der Waals surface area (Å²) in [4.78, 5) is 26.0. The minimum atomic E-state index is -0.846. The summed E-state index contributed by atoms with van der Waals surface area (Å²) >= 11 is 3.08. The van der Waals surface area contributed by atoms with Crippen LogP contribution in [0.4, 0.5) is 0 Å². The summed E-state index contributed by atoms with van der Waals surface area (Å²) in [6.45, 7) is 0. The highest BCUT2D eigenvalue weighted by Gasteiger charge is 2.31. The molecule has 1 aliphatic carbocycles. The third-order valence-corrected chi connectivity index (χ3v) is 5.22. The predicted octanol–water partition coefficient (Wildman–Crippen LogP) is 4.34. The fraction of sp³-hybridized carbons (Fsp3) is 0.176. The van der Waals surface area contributed by atoms with E-state index in [1.807, 2.05) is 47.2 Å². The number of carbonyl (C=O) groups is 2. The van der Waals surface area contributed by atoms with Crippen molar-refractivity contribution in [3.63, 3.8) is 0 Å². The van der Waals surface area contributed by atoms with E-state index in [1.54, 1.807) is 22.7 Å². The van der Waals surface area contributed by atoms with E-state index in [1.165, 1.54) is 0 Å². The first kappa shape index (κ1) is 14.9. The van der Waals surface area contributed by atoms with Gasteiger partial charge in [0, 0.05) is 20.9 Å². The van der Waals surface area contributed by atoms with Gasteiger partial charge in [-0.25, -0.2) is 0 Å². The molecule has 1 fully saturated rings. The van der Waals surface area contributed by atoms with Crippen molar-refractivity contribution in [3.05, 3.63) is 55.9 Å². The molecule has 0 amide bonds. The number of carboxylic acids is 1. The van der Waals surface area contributed by atoms with Crippen molar-refractivity contribution < 1.29 is 14.7 Å². The van der Waals surface area contributed by atoms with Crippen LogP contribution < -0.4 is 0 Å². The molecule has 1 atom stereocenters. The summed E-state index contributed by atoms with van der Waals surface area (Å²) in [6.07, 6.45) is 4.25. The molecule has 5 heteroatoms. The zero-order chi connectivity index (χ0) is 15.5. The summed E-state index contributed by atoms with van der Waals surface area (Å²) in [5.74, 6) is -1.41. The zero-order valence-corrected chi connectivity index (χ0v) is 13.3. The van der Waals surface area contributed by atoms with Crippen LogP contribution in [0.2, 0.25) is 0 Å². The fourth-order valence-electron chi connectivity index (χ4n) is 2.51. The van der Waals surface area contributed by atoms with Gasteiger partial charge in [0.05, 0.1) is 5.92 Å². The lowest BCUT2D eigenvalue weighted by Gasteiger charge is -2.22. The topological polar surface area (TPSA) is 54.4 Å². The number of Topliss-reactive ketones (excluding diaryl/α,β-unsaturated/α-hetero) is 1. The van der Waals surface area contributed by atoms with Crippen LogP contribution in [0.1, 0.15) is 22.6 Å². The summed E-state index contributed by atoms with van der Waals surface area (Å²) in [5.41, 5.74) is 1.17. The highest BCUT2D eigenvalue weighted by Crippen LogP contribution is 2.33. The highest BCUT2D eigenvalue weighted by molar-refractivity contribution is 7.11. The maximum atomic E-state index is 12.6. The minimum Gasteiger partial charge on any atom is -0.481 e. The average molecular weight is 330 g/mol. The van der Waals surface area contributed by atoms with E-state index in [0.717, 1.165) is 9.75 Å². The summed E-state index contributed by atoms with van der Waals surface area (Å²) in [5, 5.41) is 13.2. The molecular weight excluding hydrogens is 316 g/mol. The Morgan fingerprint density at radius 1 is 1.05 bits per heavy atom.